The van der Waals surface area contributed by atoms with Crippen LogP contribution < -0.4 is 5.73 Å². The maximum atomic E-state index is 12.5. The van der Waals surface area contributed by atoms with Crippen LogP contribution in [-0.2, 0) is 6.18 Å². The lowest BCUT2D eigenvalue weighted by Gasteiger charge is -2.07. The second-order valence-electron chi connectivity index (χ2n) is 3.08. The van der Waals surface area contributed by atoms with Crippen LogP contribution in [0.4, 0.5) is 19.0 Å². The van der Waals surface area contributed by atoms with E-state index in [1.165, 1.54) is 23.1 Å². The van der Waals surface area contributed by atoms with Crippen LogP contribution in [0.15, 0.2) is 18.5 Å². The van der Waals surface area contributed by atoms with Gasteiger partial charge in [-0.1, -0.05) is 0 Å². The highest BCUT2D eigenvalue weighted by molar-refractivity contribution is 14.1. The first-order chi connectivity index (χ1) is 7.86. The summed E-state index contributed by atoms with van der Waals surface area (Å²) >= 11 is 1.98. The van der Waals surface area contributed by atoms with Gasteiger partial charge in [0.15, 0.2) is 5.82 Å². The number of halogens is 4. The van der Waals surface area contributed by atoms with E-state index in [0.717, 1.165) is 3.57 Å². The van der Waals surface area contributed by atoms with E-state index in [2.05, 4.69) is 15.1 Å². The Hall–Kier alpha value is -1.39. The van der Waals surface area contributed by atoms with Crippen molar-refractivity contribution in [1.82, 2.24) is 19.7 Å². The SMILES string of the molecule is Nc1cc(-n2cc(I)cn2)nc(C(F)(F)F)n1. The molecule has 0 saturated heterocycles. The summed E-state index contributed by atoms with van der Waals surface area (Å²) in [7, 11) is 0. The van der Waals surface area contributed by atoms with Crippen molar-refractivity contribution in [3.05, 3.63) is 27.9 Å². The van der Waals surface area contributed by atoms with E-state index in [-0.39, 0.29) is 11.6 Å². The quantitative estimate of drug-likeness (QED) is 0.793. The fraction of sp³-hybridized carbons (Fsp3) is 0.125. The topological polar surface area (TPSA) is 69.6 Å². The molecule has 17 heavy (non-hydrogen) atoms. The predicted molar refractivity (Wildman–Crippen MR) is 61.3 cm³/mol. The Morgan fingerprint density at radius 3 is 2.53 bits per heavy atom. The van der Waals surface area contributed by atoms with Crippen LogP contribution in [0.1, 0.15) is 5.82 Å². The summed E-state index contributed by atoms with van der Waals surface area (Å²) in [6.07, 6.45) is -1.61. The zero-order valence-corrected chi connectivity index (χ0v) is 10.3. The zero-order valence-electron chi connectivity index (χ0n) is 8.11. The first kappa shape index (κ1) is 12.1. The van der Waals surface area contributed by atoms with Crippen molar-refractivity contribution in [2.24, 2.45) is 0 Å². The molecule has 2 heterocycles. The highest BCUT2D eigenvalue weighted by Gasteiger charge is 2.35. The van der Waals surface area contributed by atoms with Crippen LogP contribution in [-0.4, -0.2) is 19.7 Å². The molecule has 2 aromatic heterocycles. The summed E-state index contributed by atoms with van der Waals surface area (Å²) in [5.74, 6) is -1.56. The number of hydrogen-bond acceptors (Lipinski definition) is 4. The number of anilines is 1. The Kier molecular flexibility index (Phi) is 2.93. The second-order valence-corrected chi connectivity index (χ2v) is 4.32. The normalized spacial score (nSPS) is 11.8. The predicted octanol–water partition coefficient (Wildman–Crippen LogP) is 1.87. The number of nitrogens with zero attached hydrogens (tertiary/aromatic N) is 4. The molecule has 0 aliphatic rings. The molecule has 0 saturated carbocycles. The maximum absolute atomic E-state index is 12.5. The van der Waals surface area contributed by atoms with Gasteiger partial charge >= 0.3 is 6.18 Å². The number of rotatable bonds is 1. The molecule has 0 amide bonds. The van der Waals surface area contributed by atoms with Gasteiger partial charge in [0, 0.05) is 12.3 Å². The van der Waals surface area contributed by atoms with Gasteiger partial charge in [0.1, 0.15) is 5.82 Å². The van der Waals surface area contributed by atoms with Gasteiger partial charge < -0.3 is 5.73 Å². The van der Waals surface area contributed by atoms with Gasteiger partial charge in [-0.25, -0.2) is 14.6 Å². The van der Waals surface area contributed by atoms with Crippen molar-refractivity contribution < 1.29 is 13.2 Å². The molecule has 2 rings (SSSR count). The second kappa shape index (κ2) is 4.13. The van der Waals surface area contributed by atoms with Crippen LogP contribution in [0, 0.1) is 3.57 Å². The van der Waals surface area contributed by atoms with Crippen LogP contribution >= 0.6 is 22.6 Å². The van der Waals surface area contributed by atoms with Gasteiger partial charge in [0.25, 0.3) is 0 Å². The average Bonchev–Trinajstić information content (AvgIpc) is 2.62. The van der Waals surface area contributed by atoms with E-state index in [0.29, 0.717) is 0 Å². The number of nitrogen functional groups attached to an aromatic ring is 1. The van der Waals surface area contributed by atoms with Gasteiger partial charge in [0.05, 0.1) is 9.77 Å². The summed E-state index contributed by atoms with van der Waals surface area (Å²) in [6.45, 7) is 0. The van der Waals surface area contributed by atoms with Crippen LogP contribution in [0.3, 0.4) is 0 Å². The average molecular weight is 355 g/mol. The molecule has 0 aliphatic heterocycles. The van der Waals surface area contributed by atoms with Gasteiger partial charge in [0.2, 0.25) is 5.82 Å². The van der Waals surface area contributed by atoms with Gasteiger partial charge in [-0.2, -0.15) is 18.3 Å². The molecule has 0 unspecified atom stereocenters. The Balaban J connectivity index is 2.52. The molecule has 2 aromatic rings. The highest BCUT2D eigenvalue weighted by atomic mass is 127. The van der Waals surface area contributed by atoms with E-state index in [1.54, 1.807) is 0 Å². The van der Waals surface area contributed by atoms with Crippen LogP contribution in [0.25, 0.3) is 5.82 Å². The minimum absolute atomic E-state index is 0.0206. The van der Waals surface area contributed by atoms with Crippen molar-refractivity contribution >= 4 is 28.4 Å². The number of hydrogen-bond donors (Lipinski definition) is 1. The summed E-state index contributed by atoms with van der Waals surface area (Å²) in [4.78, 5) is 6.51. The third kappa shape index (κ3) is 2.65. The van der Waals surface area contributed by atoms with Gasteiger partial charge in [-0.15, -0.1) is 0 Å². The number of alkyl halides is 3. The monoisotopic (exact) mass is 355 g/mol. The van der Waals surface area contributed by atoms with E-state index in [1.807, 2.05) is 22.6 Å². The Labute approximate surface area is 107 Å². The van der Waals surface area contributed by atoms with Gasteiger partial charge in [-0.05, 0) is 22.6 Å². The molecule has 0 aromatic carbocycles. The Bertz CT molecular complexity index is 550. The summed E-state index contributed by atoms with van der Waals surface area (Å²) in [6, 6.07) is 1.22. The molecule has 0 fully saturated rings. The fourth-order valence-corrected chi connectivity index (χ4v) is 1.51. The van der Waals surface area contributed by atoms with Crippen LogP contribution in [0.2, 0.25) is 0 Å². The molecule has 2 N–H and O–H groups in total. The molecular weight excluding hydrogens is 350 g/mol. The zero-order chi connectivity index (χ0) is 12.6. The Morgan fingerprint density at radius 2 is 2.00 bits per heavy atom. The van der Waals surface area contributed by atoms with E-state index in [4.69, 9.17) is 5.73 Å². The van der Waals surface area contributed by atoms with E-state index in [9.17, 15) is 13.2 Å². The van der Waals surface area contributed by atoms with E-state index < -0.39 is 12.0 Å². The van der Waals surface area contributed by atoms with E-state index >= 15 is 0 Å². The number of aromatic nitrogens is 4. The smallest absolute Gasteiger partial charge is 0.384 e. The summed E-state index contributed by atoms with van der Waals surface area (Å²) in [5.41, 5.74) is 5.31. The maximum Gasteiger partial charge on any atom is 0.451 e. The summed E-state index contributed by atoms with van der Waals surface area (Å²) < 4.78 is 39.3. The number of nitrogens with two attached hydrogens (primary N) is 1. The highest BCUT2D eigenvalue weighted by Crippen LogP contribution is 2.27. The molecule has 0 aliphatic carbocycles. The van der Waals surface area contributed by atoms with Crippen molar-refractivity contribution in [3.8, 4) is 5.82 Å². The first-order valence-electron chi connectivity index (χ1n) is 4.28. The van der Waals surface area contributed by atoms with Crippen molar-refractivity contribution in [1.29, 1.82) is 0 Å². The lowest BCUT2D eigenvalue weighted by molar-refractivity contribution is -0.144. The third-order valence-electron chi connectivity index (χ3n) is 1.77. The molecule has 0 bridgehead atoms. The van der Waals surface area contributed by atoms with Crippen LogP contribution in [0.5, 0.6) is 0 Å². The lowest BCUT2D eigenvalue weighted by Crippen LogP contribution is -2.14. The van der Waals surface area contributed by atoms with Crippen molar-refractivity contribution in [3.63, 3.8) is 0 Å². The summed E-state index contributed by atoms with van der Waals surface area (Å²) in [5, 5.41) is 3.85. The molecular formula is C8H5F3IN5. The first-order valence-corrected chi connectivity index (χ1v) is 5.36. The Morgan fingerprint density at radius 1 is 1.29 bits per heavy atom. The van der Waals surface area contributed by atoms with Gasteiger partial charge in [-0.3, -0.25) is 0 Å². The fourth-order valence-electron chi connectivity index (χ4n) is 1.12. The molecule has 0 radical (unpaired) electrons. The lowest BCUT2D eigenvalue weighted by atomic mass is 10.5. The minimum atomic E-state index is -4.63. The molecule has 5 nitrogen and oxygen atoms in total. The molecule has 0 spiro atoms. The molecule has 0 atom stereocenters. The van der Waals surface area contributed by atoms with Crippen molar-refractivity contribution in [2.75, 3.05) is 5.73 Å². The standard InChI is InChI=1S/C8H5F3IN5/c9-8(10,11)7-15-5(13)1-6(16-7)17-3-4(12)2-14-17/h1-3H,(H2,13,15,16). The molecule has 9 heteroatoms. The van der Waals surface area contributed by atoms with Crippen molar-refractivity contribution in [2.45, 2.75) is 6.18 Å². The third-order valence-corrected chi connectivity index (χ3v) is 2.33. The molecule has 90 valence electrons. The largest absolute Gasteiger partial charge is 0.451 e. The minimum Gasteiger partial charge on any atom is -0.384 e.